The number of rotatable bonds is 1. The lowest BCUT2D eigenvalue weighted by Crippen LogP contribution is -2.21. The molecule has 13 heavy (non-hydrogen) atoms. The van der Waals surface area contributed by atoms with Gasteiger partial charge in [0, 0.05) is 18.8 Å². The minimum atomic E-state index is 0.648. The molecule has 68 valence electrons. The third-order valence-corrected chi connectivity index (χ3v) is 2.76. The molecule has 1 aromatic rings. The number of nitrogens with zero attached hydrogens (tertiary/aromatic N) is 1. The van der Waals surface area contributed by atoms with Crippen molar-refractivity contribution in [3.63, 3.8) is 0 Å². The van der Waals surface area contributed by atoms with Gasteiger partial charge in [-0.15, -0.1) is 0 Å². The summed E-state index contributed by atoms with van der Waals surface area (Å²) in [5, 5.41) is 0. The molecule has 0 aromatic heterocycles. The summed E-state index contributed by atoms with van der Waals surface area (Å²) in [6.07, 6.45) is 3.49. The molecule has 0 spiro atoms. The van der Waals surface area contributed by atoms with Crippen molar-refractivity contribution in [1.29, 1.82) is 0 Å². The standard InChI is InChI=1S/C12H15N/c1-10-8-9-12(13(10)2)11-6-4-3-5-7-11/h3-7,9-10H,8H2,1-2H3. The summed E-state index contributed by atoms with van der Waals surface area (Å²) in [7, 11) is 2.16. The molecule has 0 radical (unpaired) electrons. The molecule has 1 aromatic carbocycles. The molecule has 1 aliphatic rings. The summed E-state index contributed by atoms with van der Waals surface area (Å²) in [5.74, 6) is 0. The normalized spacial score (nSPS) is 21.8. The molecule has 0 amide bonds. The van der Waals surface area contributed by atoms with Gasteiger partial charge in [-0.2, -0.15) is 0 Å². The van der Waals surface area contributed by atoms with E-state index >= 15 is 0 Å². The minimum Gasteiger partial charge on any atom is -0.371 e. The Morgan fingerprint density at radius 2 is 1.92 bits per heavy atom. The third-order valence-electron chi connectivity index (χ3n) is 2.76. The fourth-order valence-electron chi connectivity index (χ4n) is 1.75. The first-order chi connectivity index (χ1) is 6.29. The topological polar surface area (TPSA) is 3.24 Å². The van der Waals surface area contributed by atoms with E-state index in [9.17, 15) is 0 Å². The molecule has 0 N–H and O–H groups in total. The summed E-state index contributed by atoms with van der Waals surface area (Å²) in [6, 6.07) is 11.2. The molecule has 1 nitrogen and oxygen atoms in total. The Morgan fingerprint density at radius 3 is 2.46 bits per heavy atom. The largest absolute Gasteiger partial charge is 0.371 e. The fourth-order valence-corrected chi connectivity index (χ4v) is 1.75. The van der Waals surface area contributed by atoms with Crippen LogP contribution < -0.4 is 0 Å². The van der Waals surface area contributed by atoms with Crippen molar-refractivity contribution in [2.75, 3.05) is 7.05 Å². The summed E-state index contributed by atoms with van der Waals surface area (Å²) in [4.78, 5) is 2.34. The molecule has 0 bridgehead atoms. The van der Waals surface area contributed by atoms with Crippen LogP contribution >= 0.6 is 0 Å². The van der Waals surface area contributed by atoms with E-state index in [1.165, 1.54) is 17.7 Å². The lowest BCUT2D eigenvalue weighted by atomic mass is 10.1. The second-order valence-electron chi connectivity index (χ2n) is 3.65. The van der Waals surface area contributed by atoms with Gasteiger partial charge in [0.15, 0.2) is 0 Å². The van der Waals surface area contributed by atoms with Crippen molar-refractivity contribution in [2.45, 2.75) is 19.4 Å². The van der Waals surface area contributed by atoms with Gasteiger partial charge in [-0.1, -0.05) is 36.4 Å². The minimum absolute atomic E-state index is 0.648. The monoisotopic (exact) mass is 173 g/mol. The van der Waals surface area contributed by atoms with Crippen molar-refractivity contribution in [2.24, 2.45) is 0 Å². The molecular weight excluding hydrogens is 158 g/mol. The van der Waals surface area contributed by atoms with Crippen LogP contribution in [0.2, 0.25) is 0 Å². The molecular formula is C12H15N. The van der Waals surface area contributed by atoms with Crippen LogP contribution in [0, 0.1) is 0 Å². The lowest BCUT2D eigenvalue weighted by Gasteiger charge is -2.22. The molecule has 1 unspecified atom stereocenters. The number of hydrogen-bond donors (Lipinski definition) is 0. The molecule has 1 aliphatic heterocycles. The van der Waals surface area contributed by atoms with E-state index in [1.54, 1.807) is 0 Å². The summed E-state index contributed by atoms with van der Waals surface area (Å²) < 4.78 is 0. The Balaban J connectivity index is 2.29. The van der Waals surface area contributed by atoms with E-state index in [0.29, 0.717) is 6.04 Å². The Labute approximate surface area is 79.7 Å². The van der Waals surface area contributed by atoms with E-state index in [-0.39, 0.29) is 0 Å². The number of benzene rings is 1. The maximum Gasteiger partial charge on any atom is 0.0399 e. The van der Waals surface area contributed by atoms with Gasteiger partial charge in [0.2, 0.25) is 0 Å². The van der Waals surface area contributed by atoms with Crippen LogP contribution in [0.5, 0.6) is 0 Å². The van der Waals surface area contributed by atoms with Crippen molar-refractivity contribution in [3.8, 4) is 0 Å². The van der Waals surface area contributed by atoms with Crippen molar-refractivity contribution in [1.82, 2.24) is 4.90 Å². The van der Waals surface area contributed by atoms with Crippen LogP contribution in [0.25, 0.3) is 5.70 Å². The van der Waals surface area contributed by atoms with Crippen molar-refractivity contribution in [3.05, 3.63) is 42.0 Å². The lowest BCUT2D eigenvalue weighted by molar-refractivity contribution is 0.399. The van der Waals surface area contributed by atoms with Crippen LogP contribution in [0.3, 0.4) is 0 Å². The average molecular weight is 173 g/mol. The van der Waals surface area contributed by atoms with Crippen LogP contribution in [-0.4, -0.2) is 18.0 Å². The fraction of sp³-hybridized carbons (Fsp3) is 0.333. The molecule has 1 atom stereocenters. The van der Waals surface area contributed by atoms with Gasteiger partial charge in [0.1, 0.15) is 0 Å². The van der Waals surface area contributed by atoms with Gasteiger partial charge < -0.3 is 4.90 Å². The quantitative estimate of drug-likeness (QED) is 0.631. The van der Waals surface area contributed by atoms with Gasteiger partial charge in [-0.3, -0.25) is 0 Å². The zero-order valence-electron chi connectivity index (χ0n) is 8.20. The van der Waals surface area contributed by atoms with Gasteiger partial charge in [0.05, 0.1) is 0 Å². The van der Waals surface area contributed by atoms with Crippen molar-refractivity contribution < 1.29 is 0 Å². The molecule has 2 rings (SSSR count). The van der Waals surface area contributed by atoms with Crippen LogP contribution in [-0.2, 0) is 0 Å². The van der Waals surface area contributed by atoms with Gasteiger partial charge in [-0.05, 0) is 18.9 Å². The van der Waals surface area contributed by atoms with Crippen molar-refractivity contribution >= 4 is 5.70 Å². The average Bonchev–Trinajstić information content (AvgIpc) is 2.49. The third kappa shape index (κ3) is 1.46. The molecule has 1 heterocycles. The van der Waals surface area contributed by atoms with Crippen LogP contribution in [0.1, 0.15) is 18.9 Å². The molecule has 0 fully saturated rings. The second kappa shape index (κ2) is 3.25. The zero-order chi connectivity index (χ0) is 9.26. The van der Waals surface area contributed by atoms with Crippen LogP contribution in [0.15, 0.2) is 36.4 Å². The summed E-state index contributed by atoms with van der Waals surface area (Å²) in [6.45, 7) is 2.26. The predicted octanol–water partition coefficient (Wildman–Crippen LogP) is 2.75. The van der Waals surface area contributed by atoms with Gasteiger partial charge >= 0.3 is 0 Å². The highest BCUT2D eigenvalue weighted by molar-refractivity contribution is 5.65. The molecule has 0 saturated carbocycles. The molecule has 0 saturated heterocycles. The Morgan fingerprint density at radius 1 is 1.23 bits per heavy atom. The highest BCUT2D eigenvalue weighted by Gasteiger charge is 2.18. The Hall–Kier alpha value is -1.24. The van der Waals surface area contributed by atoms with E-state index in [2.05, 4.69) is 55.3 Å². The smallest absolute Gasteiger partial charge is 0.0399 e. The van der Waals surface area contributed by atoms with E-state index in [0.717, 1.165) is 0 Å². The van der Waals surface area contributed by atoms with Gasteiger partial charge in [0.25, 0.3) is 0 Å². The second-order valence-corrected chi connectivity index (χ2v) is 3.65. The molecule has 1 heteroatoms. The van der Waals surface area contributed by atoms with E-state index < -0.39 is 0 Å². The molecule has 0 aliphatic carbocycles. The highest BCUT2D eigenvalue weighted by Crippen LogP contribution is 2.27. The maximum atomic E-state index is 2.34. The first kappa shape index (κ1) is 8.36. The van der Waals surface area contributed by atoms with E-state index in [4.69, 9.17) is 0 Å². The first-order valence-corrected chi connectivity index (χ1v) is 4.77. The SMILES string of the molecule is CC1CC=C(c2ccccc2)N1C. The predicted molar refractivity (Wildman–Crippen MR) is 56.3 cm³/mol. The van der Waals surface area contributed by atoms with E-state index in [1.807, 2.05) is 0 Å². The van der Waals surface area contributed by atoms with Crippen LogP contribution in [0.4, 0.5) is 0 Å². The summed E-state index contributed by atoms with van der Waals surface area (Å²) in [5.41, 5.74) is 2.70. The number of hydrogen-bond acceptors (Lipinski definition) is 1. The Kier molecular flexibility index (Phi) is 2.09. The summed E-state index contributed by atoms with van der Waals surface area (Å²) >= 11 is 0. The van der Waals surface area contributed by atoms with Gasteiger partial charge in [-0.25, -0.2) is 0 Å². The Bertz CT molecular complexity index is 313. The zero-order valence-corrected chi connectivity index (χ0v) is 8.20. The highest BCUT2D eigenvalue weighted by atomic mass is 15.1. The first-order valence-electron chi connectivity index (χ1n) is 4.77. The maximum absolute atomic E-state index is 2.34.